The quantitative estimate of drug-likeness (QED) is 0.130. The average molecular weight is 778 g/mol. The molecule has 16 nitrogen and oxygen atoms in total. The van der Waals surface area contributed by atoms with E-state index < -0.39 is 85.7 Å². The van der Waals surface area contributed by atoms with E-state index in [9.17, 15) is 48.9 Å². The highest BCUT2D eigenvalue weighted by atomic mass is 35.5. The highest BCUT2D eigenvalue weighted by Gasteiger charge is 2.68. The molecule has 6 atom stereocenters. The molecule has 18 heteroatoms. The van der Waals surface area contributed by atoms with Gasteiger partial charge in [0.05, 0.1) is 63.6 Å². The number of hydrogen-bond donors (Lipinski definition) is 1. The van der Waals surface area contributed by atoms with Crippen LogP contribution in [-0.2, 0) is 19.2 Å². The molecule has 55 heavy (non-hydrogen) atoms. The van der Waals surface area contributed by atoms with Crippen LogP contribution in [-0.4, -0.2) is 66.9 Å². The van der Waals surface area contributed by atoms with Crippen molar-refractivity contribution in [3.8, 4) is 17.2 Å². The number of hydrogen-bond acceptors (Lipinski definition) is 12. The van der Waals surface area contributed by atoms with Gasteiger partial charge in [-0.1, -0.05) is 23.3 Å². The minimum Gasteiger partial charge on any atom is -0.502 e. The minimum absolute atomic E-state index is 0.00694. The lowest BCUT2D eigenvalue weighted by atomic mass is 9.51. The summed E-state index contributed by atoms with van der Waals surface area (Å²) in [4.78, 5) is 83.4. The van der Waals surface area contributed by atoms with Crippen LogP contribution in [0.15, 0.2) is 54.1 Å². The predicted octanol–water partition coefficient (Wildman–Crippen LogP) is 5.52. The molecule has 2 heterocycles. The van der Waals surface area contributed by atoms with Crippen molar-refractivity contribution >= 4 is 63.7 Å². The molecule has 3 aromatic rings. The molecular weight excluding hydrogens is 745 g/mol. The van der Waals surface area contributed by atoms with Crippen molar-refractivity contribution in [3.05, 3.63) is 90.7 Å². The standard InChI is InChI=1S/C37H33ClFN5O11/c1-37-22(34(47)42(36(37)49)17-6-9-24(39)23(38)12-17)15-21-19(30(37)16-10-27(54-4)32(45)28(11-16)55-5)7-8-20-29(21)35(48)41(33(20)46)18-13-25(43(50)51)31(40(2)3)26(14-18)44(52)53/h6-7,9-14,20-22,29-30,45H,8,15H2,1-5H3/t20-,21+,22-,29-,30-,37+/m0/s1. The summed E-state index contributed by atoms with van der Waals surface area (Å²) in [7, 11) is 5.41. The molecule has 1 saturated carbocycles. The SMILES string of the molecule is COc1cc([C@H]2C3=CC[C@@H]4C(=O)N(c5cc([N+](=O)[O-])c(N(C)C)c([N+](=O)[O-])c5)C(=O)[C@@H]4[C@@H]3C[C@H]3C(=O)N(c4ccc(F)c(Cl)c4)C(=O)[C@@]23C)cc(OC)c1O. The fourth-order valence-electron chi connectivity index (χ4n) is 9.06. The van der Waals surface area contributed by atoms with Crippen LogP contribution in [0.4, 0.5) is 32.8 Å². The Morgan fingerprint density at radius 3 is 2.02 bits per heavy atom. The van der Waals surface area contributed by atoms with Gasteiger partial charge >= 0.3 is 11.4 Å². The second kappa shape index (κ2) is 13.0. The maximum Gasteiger partial charge on any atom is 0.301 e. The summed E-state index contributed by atoms with van der Waals surface area (Å²) in [5.74, 6) is -9.01. The number of imide groups is 2. The van der Waals surface area contributed by atoms with E-state index in [0.717, 1.165) is 34.1 Å². The van der Waals surface area contributed by atoms with Gasteiger partial charge in [-0.2, -0.15) is 0 Å². The number of rotatable bonds is 8. The van der Waals surface area contributed by atoms with Crippen LogP contribution < -0.4 is 24.2 Å². The van der Waals surface area contributed by atoms with Crippen LogP contribution >= 0.6 is 11.6 Å². The molecule has 2 saturated heterocycles. The first-order valence-corrected chi connectivity index (χ1v) is 17.4. The number of fused-ring (bicyclic) bond motifs is 4. The summed E-state index contributed by atoms with van der Waals surface area (Å²) < 4.78 is 25.1. The van der Waals surface area contributed by atoms with Gasteiger partial charge in [-0.15, -0.1) is 0 Å². The number of ether oxygens (including phenoxy) is 2. The van der Waals surface area contributed by atoms with E-state index in [4.69, 9.17) is 21.1 Å². The normalized spacial score (nSPS) is 25.7. The van der Waals surface area contributed by atoms with Crippen LogP contribution in [0.1, 0.15) is 31.2 Å². The zero-order chi connectivity index (χ0) is 40.0. The van der Waals surface area contributed by atoms with Gasteiger partial charge in [0.1, 0.15) is 5.82 Å². The van der Waals surface area contributed by atoms with Gasteiger partial charge in [0.2, 0.25) is 29.4 Å². The highest BCUT2D eigenvalue weighted by molar-refractivity contribution is 6.32. The van der Waals surface area contributed by atoms with Crippen molar-refractivity contribution in [2.75, 3.05) is 43.0 Å². The van der Waals surface area contributed by atoms with E-state index in [-0.39, 0.29) is 52.2 Å². The Morgan fingerprint density at radius 1 is 0.891 bits per heavy atom. The van der Waals surface area contributed by atoms with E-state index in [0.29, 0.717) is 11.1 Å². The van der Waals surface area contributed by atoms with E-state index in [1.807, 2.05) is 0 Å². The lowest BCUT2D eigenvalue weighted by Crippen LogP contribution is -2.48. The smallest absolute Gasteiger partial charge is 0.301 e. The number of nitro benzene ring substituents is 2. The fourth-order valence-corrected chi connectivity index (χ4v) is 9.23. The molecule has 4 amide bonds. The number of anilines is 3. The van der Waals surface area contributed by atoms with E-state index in [2.05, 4.69) is 0 Å². The van der Waals surface area contributed by atoms with Crippen molar-refractivity contribution in [1.29, 1.82) is 0 Å². The zero-order valence-electron chi connectivity index (χ0n) is 29.9. The third kappa shape index (κ3) is 5.31. The number of phenolic OH excluding ortho intramolecular Hbond substituents is 1. The number of allylic oxidation sites excluding steroid dienone is 2. The summed E-state index contributed by atoms with van der Waals surface area (Å²) in [6, 6.07) is 8.32. The molecule has 0 radical (unpaired) electrons. The highest BCUT2D eigenvalue weighted by Crippen LogP contribution is 2.64. The van der Waals surface area contributed by atoms with Crippen molar-refractivity contribution < 1.29 is 48.0 Å². The first-order valence-electron chi connectivity index (χ1n) is 17.0. The van der Waals surface area contributed by atoms with Crippen LogP contribution in [0.3, 0.4) is 0 Å². The Morgan fingerprint density at radius 2 is 1.49 bits per heavy atom. The van der Waals surface area contributed by atoms with Crippen LogP contribution in [0.2, 0.25) is 5.02 Å². The first kappa shape index (κ1) is 37.2. The Hall–Kier alpha value is -6.10. The third-order valence-electron chi connectivity index (χ3n) is 11.4. The molecule has 3 aromatic carbocycles. The lowest BCUT2D eigenvalue weighted by Gasteiger charge is -2.49. The molecule has 1 N–H and O–H groups in total. The number of carbonyl (C=O) groups is 4. The topological polar surface area (TPSA) is 203 Å². The van der Waals surface area contributed by atoms with Gasteiger partial charge in [0.25, 0.3) is 0 Å². The van der Waals surface area contributed by atoms with Crippen molar-refractivity contribution in [1.82, 2.24) is 0 Å². The van der Waals surface area contributed by atoms with E-state index in [1.165, 1.54) is 51.4 Å². The Kier molecular flexibility index (Phi) is 8.82. The number of methoxy groups -OCH3 is 2. The van der Waals surface area contributed by atoms with Crippen LogP contribution in [0.5, 0.6) is 17.2 Å². The first-order chi connectivity index (χ1) is 26.0. The predicted molar refractivity (Wildman–Crippen MR) is 194 cm³/mol. The minimum atomic E-state index is -1.55. The number of carbonyl (C=O) groups excluding carboxylic acids is 4. The molecule has 3 fully saturated rings. The van der Waals surface area contributed by atoms with Crippen LogP contribution in [0.25, 0.3) is 0 Å². The van der Waals surface area contributed by atoms with E-state index >= 15 is 0 Å². The maximum atomic E-state index is 14.7. The number of aromatic hydroxyl groups is 1. The maximum absolute atomic E-state index is 14.7. The Bertz CT molecular complexity index is 2240. The van der Waals surface area contributed by atoms with Crippen LogP contribution in [0, 0.1) is 55.1 Å². The summed E-state index contributed by atoms with van der Waals surface area (Å²) >= 11 is 6.08. The zero-order valence-corrected chi connectivity index (χ0v) is 30.7. The molecule has 2 aliphatic carbocycles. The average Bonchev–Trinajstić information content (AvgIpc) is 3.51. The van der Waals surface area contributed by atoms with Gasteiger partial charge in [-0.25, -0.2) is 14.2 Å². The van der Waals surface area contributed by atoms with Gasteiger partial charge in [0.15, 0.2) is 17.2 Å². The van der Waals surface area contributed by atoms with Gasteiger partial charge < -0.3 is 19.5 Å². The number of halogens is 2. The molecular formula is C37H33ClFN5O11. The molecule has 0 spiro atoms. The molecule has 286 valence electrons. The monoisotopic (exact) mass is 777 g/mol. The second-order valence-electron chi connectivity index (χ2n) is 14.3. The van der Waals surface area contributed by atoms with Gasteiger partial charge in [0, 0.05) is 32.1 Å². The summed E-state index contributed by atoms with van der Waals surface area (Å²) in [6.07, 6.45) is 1.64. The molecule has 7 rings (SSSR count). The van der Waals surface area contributed by atoms with Crippen molar-refractivity contribution in [2.45, 2.75) is 25.7 Å². The molecule has 0 bridgehead atoms. The summed E-state index contributed by atoms with van der Waals surface area (Å²) in [5.41, 5.74) is -2.67. The molecule has 2 aliphatic heterocycles. The lowest BCUT2D eigenvalue weighted by molar-refractivity contribution is -0.392. The number of benzene rings is 3. The Labute approximate surface area is 316 Å². The number of phenols is 1. The van der Waals surface area contributed by atoms with E-state index in [1.54, 1.807) is 13.0 Å². The Balaban J connectivity index is 1.39. The second-order valence-corrected chi connectivity index (χ2v) is 14.7. The third-order valence-corrected chi connectivity index (χ3v) is 11.7. The molecule has 0 aromatic heterocycles. The van der Waals surface area contributed by atoms with Gasteiger partial charge in [-0.05, 0) is 61.6 Å². The van der Waals surface area contributed by atoms with Crippen molar-refractivity contribution in [2.24, 2.45) is 29.1 Å². The summed E-state index contributed by atoms with van der Waals surface area (Å²) in [5, 5.41) is 34.8. The van der Waals surface area contributed by atoms with Crippen molar-refractivity contribution in [3.63, 3.8) is 0 Å². The number of nitro groups is 2. The summed E-state index contributed by atoms with van der Waals surface area (Å²) in [6.45, 7) is 1.61. The fraction of sp³-hybridized carbons (Fsp3) is 0.351. The number of nitrogens with zero attached hydrogens (tertiary/aromatic N) is 5. The van der Waals surface area contributed by atoms with Gasteiger partial charge in [-0.3, -0.25) is 39.4 Å². The largest absolute Gasteiger partial charge is 0.502 e. The number of amides is 4. The molecule has 4 aliphatic rings. The molecule has 0 unspecified atom stereocenters.